The number of ether oxygens (including phenoxy) is 1. The maximum Gasteiger partial charge on any atom is 0.410 e. The van der Waals surface area contributed by atoms with Crippen molar-refractivity contribution in [3.05, 3.63) is 35.9 Å². The summed E-state index contributed by atoms with van der Waals surface area (Å²) in [5, 5.41) is 2.30. The number of nitrogens with zero attached hydrogens (tertiary/aromatic N) is 2. The molecule has 0 aromatic heterocycles. The summed E-state index contributed by atoms with van der Waals surface area (Å²) in [6, 6.07) is 9.31. The van der Waals surface area contributed by atoms with Crippen LogP contribution in [-0.4, -0.2) is 66.2 Å². The Labute approximate surface area is 152 Å². The molecule has 0 atom stereocenters. The van der Waals surface area contributed by atoms with Gasteiger partial charge in [-0.3, -0.25) is 4.79 Å². The van der Waals surface area contributed by atoms with Crippen LogP contribution in [-0.2, 0) is 16.0 Å². The Morgan fingerprint density at radius 3 is 2.54 bits per heavy atom. The predicted octanol–water partition coefficient (Wildman–Crippen LogP) is 0.711. The topological polar surface area (TPSA) is 105 Å². The number of likely N-dealkylation sites (tertiary alicyclic amines) is 1. The van der Waals surface area contributed by atoms with E-state index >= 15 is 0 Å². The van der Waals surface area contributed by atoms with Crippen LogP contribution in [0.1, 0.15) is 18.4 Å². The lowest BCUT2D eigenvalue weighted by Gasteiger charge is -2.37. The standard InChI is InChI=1S/C18H24N4O4/c19-16(24)20-12-15(23)21-10-7-18(8-11-21)13-22(17(25)26-18)9-6-14-4-2-1-3-5-14/h1-5H,6-13H2,(H3,19,20,24). The molecule has 0 saturated carbocycles. The lowest BCUT2D eigenvalue weighted by atomic mass is 9.91. The van der Waals surface area contributed by atoms with Gasteiger partial charge in [0.1, 0.15) is 5.60 Å². The van der Waals surface area contributed by atoms with E-state index in [1.54, 1.807) is 9.80 Å². The van der Waals surface area contributed by atoms with Gasteiger partial charge in [0.15, 0.2) is 0 Å². The summed E-state index contributed by atoms with van der Waals surface area (Å²) < 4.78 is 5.68. The van der Waals surface area contributed by atoms with E-state index in [1.165, 1.54) is 5.56 Å². The summed E-state index contributed by atoms with van der Waals surface area (Å²) in [5.41, 5.74) is 5.65. The molecule has 3 N–H and O–H groups in total. The summed E-state index contributed by atoms with van der Waals surface area (Å²) in [7, 11) is 0. The van der Waals surface area contributed by atoms with Gasteiger partial charge in [-0.1, -0.05) is 30.3 Å². The maximum absolute atomic E-state index is 12.2. The van der Waals surface area contributed by atoms with Gasteiger partial charge in [0.05, 0.1) is 13.1 Å². The molecule has 0 radical (unpaired) electrons. The lowest BCUT2D eigenvalue weighted by molar-refractivity contribution is -0.133. The molecule has 0 aliphatic carbocycles. The fourth-order valence-electron chi connectivity index (χ4n) is 3.47. The van der Waals surface area contributed by atoms with Gasteiger partial charge in [-0.2, -0.15) is 0 Å². The van der Waals surface area contributed by atoms with E-state index in [1.807, 2.05) is 30.3 Å². The number of nitrogens with one attached hydrogen (secondary N) is 1. The maximum atomic E-state index is 12.2. The number of piperidine rings is 1. The van der Waals surface area contributed by atoms with E-state index in [0.29, 0.717) is 39.0 Å². The number of carbonyl (C=O) groups excluding carboxylic acids is 3. The second-order valence-electron chi connectivity index (χ2n) is 6.81. The number of primary amides is 1. The van der Waals surface area contributed by atoms with Crippen molar-refractivity contribution in [2.75, 3.05) is 32.7 Å². The quantitative estimate of drug-likeness (QED) is 0.807. The summed E-state index contributed by atoms with van der Waals surface area (Å²) in [6.07, 6.45) is 1.71. The molecular weight excluding hydrogens is 336 g/mol. The first kappa shape index (κ1) is 18.0. The molecule has 26 heavy (non-hydrogen) atoms. The molecular formula is C18H24N4O4. The number of carbonyl (C=O) groups is 3. The molecule has 2 fully saturated rings. The average molecular weight is 360 g/mol. The average Bonchev–Trinajstić information content (AvgIpc) is 2.94. The minimum atomic E-state index is -0.717. The molecule has 2 aliphatic rings. The molecule has 2 heterocycles. The van der Waals surface area contributed by atoms with Crippen LogP contribution in [0.25, 0.3) is 0 Å². The molecule has 1 spiro atoms. The third-order valence-electron chi connectivity index (χ3n) is 5.00. The van der Waals surface area contributed by atoms with Crippen LogP contribution in [0.3, 0.4) is 0 Å². The number of urea groups is 1. The van der Waals surface area contributed by atoms with Crippen molar-refractivity contribution in [1.82, 2.24) is 15.1 Å². The fraction of sp³-hybridized carbons (Fsp3) is 0.500. The number of benzene rings is 1. The van der Waals surface area contributed by atoms with Crippen LogP contribution >= 0.6 is 0 Å². The van der Waals surface area contributed by atoms with Crippen LogP contribution in [0.4, 0.5) is 9.59 Å². The molecule has 2 aliphatic heterocycles. The summed E-state index contributed by atoms with van der Waals surface area (Å²) >= 11 is 0. The van der Waals surface area contributed by atoms with Gasteiger partial charge in [-0.15, -0.1) is 0 Å². The van der Waals surface area contributed by atoms with Crippen molar-refractivity contribution < 1.29 is 19.1 Å². The number of hydrogen-bond acceptors (Lipinski definition) is 4. The van der Waals surface area contributed by atoms with Crippen LogP contribution in [0.2, 0.25) is 0 Å². The van der Waals surface area contributed by atoms with Gasteiger partial charge in [0, 0.05) is 32.5 Å². The Balaban J connectivity index is 1.49. The first-order valence-corrected chi connectivity index (χ1v) is 8.80. The Morgan fingerprint density at radius 2 is 1.88 bits per heavy atom. The van der Waals surface area contributed by atoms with Crippen molar-refractivity contribution in [2.24, 2.45) is 5.73 Å². The summed E-state index contributed by atoms with van der Waals surface area (Å²) in [5.74, 6) is -0.177. The molecule has 3 rings (SSSR count). The van der Waals surface area contributed by atoms with Gasteiger partial charge in [-0.25, -0.2) is 9.59 Å². The Kier molecular flexibility index (Phi) is 5.29. The highest BCUT2D eigenvalue weighted by Gasteiger charge is 2.47. The van der Waals surface area contributed by atoms with Crippen LogP contribution in [0.15, 0.2) is 30.3 Å². The second-order valence-corrected chi connectivity index (χ2v) is 6.81. The normalized spacial score (nSPS) is 18.7. The zero-order valence-corrected chi connectivity index (χ0v) is 14.6. The smallest absolute Gasteiger partial charge is 0.410 e. The summed E-state index contributed by atoms with van der Waals surface area (Å²) in [4.78, 5) is 38.4. The number of hydrogen-bond donors (Lipinski definition) is 2. The van der Waals surface area contributed by atoms with E-state index < -0.39 is 11.6 Å². The van der Waals surface area contributed by atoms with Gasteiger partial charge in [-0.05, 0) is 12.0 Å². The molecule has 8 heteroatoms. The van der Waals surface area contributed by atoms with E-state index in [4.69, 9.17) is 10.5 Å². The number of nitrogens with two attached hydrogens (primary N) is 1. The Morgan fingerprint density at radius 1 is 1.19 bits per heavy atom. The second kappa shape index (κ2) is 7.63. The Hall–Kier alpha value is -2.77. The first-order chi connectivity index (χ1) is 12.5. The molecule has 1 aromatic carbocycles. The highest BCUT2D eigenvalue weighted by Crippen LogP contribution is 2.33. The molecule has 8 nitrogen and oxygen atoms in total. The third-order valence-corrected chi connectivity index (χ3v) is 5.00. The zero-order chi connectivity index (χ0) is 18.6. The van der Waals surface area contributed by atoms with Gasteiger partial charge in [0.2, 0.25) is 5.91 Å². The zero-order valence-electron chi connectivity index (χ0n) is 14.6. The third kappa shape index (κ3) is 4.25. The SMILES string of the molecule is NC(=O)NCC(=O)N1CCC2(CC1)CN(CCc1ccccc1)C(=O)O2. The van der Waals surface area contributed by atoms with E-state index in [9.17, 15) is 14.4 Å². The minimum Gasteiger partial charge on any atom is -0.441 e. The number of rotatable bonds is 5. The molecule has 4 amide bonds. The van der Waals surface area contributed by atoms with E-state index in [2.05, 4.69) is 5.32 Å². The van der Waals surface area contributed by atoms with Gasteiger partial charge in [0.25, 0.3) is 0 Å². The predicted molar refractivity (Wildman–Crippen MR) is 94.3 cm³/mol. The monoisotopic (exact) mass is 360 g/mol. The molecule has 0 unspecified atom stereocenters. The van der Waals surface area contributed by atoms with Crippen molar-refractivity contribution >= 4 is 18.0 Å². The Bertz CT molecular complexity index is 671. The van der Waals surface area contributed by atoms with Crippen LogP contribution in [0, 0.1) is 0 Å². The van der Waals surface area contributed by atoms with Crippen molar-refractivity contribution in [3.63, 3.8) is 0 Å². The van der Waals surface area contributed by atoms with E-state index in [-0.39, 0.29) is 18.5 Å². The molecule has 2 saturated heterocycles. The van der Waals surface area contributed by atoms with E-state index in [0.717, 1.165) is 6.42 Å². The van der Waals surface area contributed by atoms with Crippen molar-refractivity contribution in [1.29, 1.82) is 0 Å². The van der Waals surface area contributed by atoms with Crippen LogP contribution in [0.5, 0.6) is 0 Å². The molecule has 140 valence electrons. The van der Waals surface area contributed by atoms with Gasteiger partial charge < -0.3 is 25.6 Å². The fourth-order valence-corrected chi connectivity index (χ4v) is 3.47. The largest absolute Gasteiger partial charge is 0.441 e. The highest BCUT2D eigenvalue weighted by atomic mass is 16.6. The van der Waals surface area contributed by atoms with Gasteiger partial charge >= 0.3 is 12.1 Å². The molecule has 0 bridgehead atoms. The number of amides is 4. The first-order valence-electron chi connectivity index (χ1n) is 8.80. The summed E-state index contributed by atoms with van der Waals surface area (Å²) in [6.45, 7) is 2.07. The van der Waals surface area contributed by atoms with Crippen molar-refractivity contribution in [3.8, 4) is 0 Å². The van der Waals surface area contributed by atoms with Crippen molar-refractivity contribution in [2.45, 2.75) is 24.9 Å². The lowest BCUT2D eigenvalue weighted by Crippen LogP contribution is -2.51. The van der Waals surface area contributed by atoms with Crippen LogP contribution < -0.4 is 11.1 Å². The minimum absolute atomic E-state index is 0.106. The molecule has 1 aromatic rings. The highest BCUT2D eigenvalue weighted by molar-refractivity contribution is 5.83.